The summed E-state index contributed by atoms with van der Waals surface area (Å²) in [6.07, 6.45) is 2.22. The Labute approximate surface area is 105 Å². The van der Waals surface area contributed by atoms with Crippen LogP contribution < -0.4 is 5.73 Å². The van der Waals surface area contributed by atoms with Gasteiger partial charge in [0.15, 0.2) is 9.84 Å². The summed E-state index contributed by atoms with van der Waals surface area (Å²) in [7, 11) is -2.81. The number of nitrogens with two attached hydrogens (primary N) is 1. The monoisotopic (exact) mass is 262 g/mol. The fourth-order valence-electron chi connectivity index (χ4n) is 2.61. The van der Waals surface area contributed by atoms with E-state index in [9.17, 15) is 8.42 Å². The zero-order valence-corrected chi connectivity index (χ0v) is 12.1. The van der Waals surface area contributed by atoms with Gasteiger partial charge in [0.25, 0.3) is 0 Å². The van der Waals surface area contributed by atoms with Crippen LogP contribution >= 0.6 is 0 Å². The minimum absolute atomic E-state index is 0.115. The summed E-state index contributed by atoms with van der Waals surface area (Å²) in [5, 5.41) is 0. The van der Waals surface area contributed by atoms with Crippen molar-refractivity contribution < 1.29 is 8.42 Å². The molecule has 102 valence electrons. The van der Waals surface area contributed by atoms with E-state index in [4.69, 9.17) is 5.73 Å². The average molecular weight is 262 g/mol. The Morgan fingerprint density at radius 2 is 2.12 bits per heavy atom. The van der Waals surface area contributed by atoms with Crippen molar-refractivity contribution in [2.75, 3.05) is 31.1 Å². The van der Waals surface area contributed by atoms with Crippen LogP contribution in [0.15, 0.2) is 0 Å². The van der Waals surface area contributed by atoms with E-state index >= 15 is 0 Å². The van der Waals surface area contributed by atoms with Crippen LogP contribution in [0.4, 0.5) is 0 Å². The Hall–Kier alpha value is -0.130. The number of hydrogen-bond acceptors (Lipinski definition) is 4. The van der Waals surface area contributed by atoms with Gasteiger partial charge in [-0.2, -0.15) is 0 Å². The smallest absolute Gasteiger partial charge is 0.153 e. The lowest BCUT2D eigenvalue weighted by molar-refractivity contribution is 0.132. The second kappa shape index (κ2) is 5.67. The van der Waals surface area contributed by atoms with Crippen LogP contribution in [0.3, 0.4) is 0 Å². The molecule has 0 spiro atoms. The maximum atomic E-state index is 11.5. The van der Waals surface area contributed by atoms with Gasteiger partial charge in [0, 0.05) is 19.1 Å². The second-order valence-electron chi connectivity index (χ2n) is 5.70. The van der Waals surface area contributed by atoms with Gasteiger partial charge in [-0.1, -0.05) is 20.3 Å². The predicted octanol–water partition coefficient (Wildman–Crippen LogP) is 0.870. The molecule has 17 heavy (non-hydrogen) atoms. The van der Waals surface area contributed by atoms with Gasteiger partial charge in [-0.15, -0.1) is 0 Å². The zero-order chi connectivity index (χ0) is 13.1. The highest BCUT2D eigenvalue weighted by Crippen LogP contribution is 2.25. The van der Waals surface area contributed by atoms with Crippen molar-refractivity contribution in [3.63, 3.8) is 0 Å². The molecule has 2 unspecified atom stereocenters. The molecule has 0 aliphatic carbocycles. The van der Waals surface area contributed by atoms with Gasteiger partial charge in [-0.25, -0.2) is 8.42 Å². The summed E-state index contributed by atoms with van der Waals surface area (Å²) in [5.74, 6) is 0.587. The summed E-state index contributed by atoms with van der Waals surface area (Å²) in [6, 6.07) is 0.122. The van der Waals surface area contributed by atoms with Crippen molar-refractivity contribution in [3.8, 4) is 0 Å². The van der Waals surface area contributed by atoms with Crippen LogP contribution in [0.2, 0.25) is 0 Å². The molecule has 1 fully saturated rings. The first-order valence-corrected chi connectivity index (χ1v) is 8.28. The summed E-state index contributed by atoms with van der Waals surface area (Å²) in [6.45, 7) is 8.59. The van der Waals surface area contributed by atoms with E-state index in [2.05, 4.69) is 18.7 Å². The van der Waals surface area contributed by atoms with Gasteiger partial charge in [0.05, 0.1) is 11.5 Å². The topological polar surface area (TPSA) is 63.4 Å². The van der Waals surface area contributed by atoms with Gasteiger partial charge >= 0.3 is 0 Å². The van der Waals surface area contributed by atoms with Crippen molar-refractivity contribution in [2.24, 2.45) is 11.1 Å². The molecule has 1 rings (SSSR count). The molecule has 1 saturated heterocycles. The van der Waals surface area contributed by atoms with Crippen LogP contribution in [0.25, 0.3) is 0 Å². The average Bonchev–Trinajstić information content (AvgIpc) is 2.22. The first kappa shape index (κ1) is 14.9. The summed E-state index contributed by atoms with van der Waals surface area (Å²) in [4.78, 5) is 2.28. The van der Waals surface area contributed by atoms with Crippen LogP contribution in [0.5, 0.6) is 0 Å². The SMILES string of the molecule is CCCC(C)(CN)CN1CCS(=O)(=O)CC1C. The normalized spacial score (nSPS) is 28.8. The Balaban J connectivity index is 2.63. The van der Waals surface area contributed by atoms with Crippen molar-refractivity contribution in [1.82, 2.24) is 4.90 Å². The van der Waals surface area contributed by atoms with E-state index in [1.807, 2.05) is 6.92 Å². The van der Waals surface area contributed by atoms with E-state index in [1.54, 1.807) is 0 Å². The third-order valence-corrected chi connectivity index (χ3v) is 5.53. The molecular weight excluding hydrogens is 236 g/mol. The third-order valence-electron chi connectivity index (χ3n) is 3.74. The van der Waals surface area contributed by atoms with Crippen molar-refractivity contribution in [1.29, 1.82) is 0 Å². The van der Waals surface area contributed by atoms with Gasteiger partial charge < -0.3 is 5.73 Å². The molecule has 5 heteroatoms. The lowest BCUT2D eigenvalue weighted by Gasteiger charge is -2.40. The summed E-state index contributed by atoms with van der Waals surface area (Å²) >= 11 is 0. The lowest BCUT2D eigenvalue weighted by atomic mass is 9.85. The Bertz CT molecular complexity index is 342. The van der Waals surface area contributed by atoms with Crippen LogP contribution in [-0.4, -0.2) is 50.5 Å². The zero-order valence-electron chi connectivity index (χ0n) is 11.3. The summed E-state index contributed by atoms with van der Waals surface area (Å²) < 4.78 is 23.0. The Morgan fingerprint density at radius 1 is 1.47 bits per heavy atom. The predicted molar refractivity (Wildman–Crippen MR) is 71.8 cm³/mol. The molecule has 0 aromatic rings. The Morgan fingerprint density at radius 3 is 2.59 bits per heavy atom. The highest BCUT2D eigenvalue weighted by Gasteiger charge is 2.32. The molecule has 0 saturated carbocycles. The molecule has 2 atom stereocenters. The molecule has 0 amide bonds. The van der Waals surface area contributed by atoms with E-state index in [0.29, 0.717) is 24.6 Å². The molecule has 2 N–H and O–H groups in total. The fraction of sp³-hybridized carbons (Fsp3) is 1.00. The molecule has 0 radical (unpaired) electrons. The van der Waals surface area contributed by atoms with Crippen molar-refractivity contribution in [2.45, 2.75) is 39.7 Å². The Kier molecular flexibility index (Phi) is 4.98. The maximum Gasteiger partial charge on any atom is 0.153 e. The molecule has 0 aromatic carbocycles. The highest BCUT2D eigenvalue weighted by molar-refractivity contribution is 7.91. The molecule has 4 nitrogen and oxygen atoms in total. The van der Waals surface area contributed by atoms with E-state index in [-0.39, 0.29) is 11.5 Å². The van der Waals surface area contributed by atoms with Crippen molar-refractivity contribution in [3.05, 3.63) is 0 Å². The van der Waals surface area contributed by atoms with E-state index < -0.39 is 9.84 Å². The fourth-order valence-corrected chi connectivity index (χ4v) is 4.23. The number of rotatable bonds is 5. The van der Waals surface area contributed by atoms with E-state index in [1.165, 1.54) is 0 Å². The van der Waals surface area contributed by atoms with Gasteiger partial charge in [-0.05, 0) is 25.3 Å². The molecule has 1 aliphatic rings. The third kappa shape index (κ3) is 4.23. The standard InChI is InChI=1S/C12H26N2O2S/c1-4-5-12(3,9-13)10-14-6-7-17(15,16)8-11(14)2/h11H,4-10,13H2,1-3H3. The number of nitrogens with zero attached hydrogens (tertiary/aromatic N) is 1. The van der Waals surface area contributed by atoms with Crippen LogP contribution in [0, 0.1) is 5.41 Å². The van der Waals surface area contributed by atoms with Crippen LogP contribution in [0.1, 0.15) is 33.6 Å². The minimum atomic E-state index is -2.81. The second-order valence-corrected chi connectivity index (χ2v) is 7.93. The number of sulfone groups is 1. The molecule has 1 heterocycles. The maximum absolute atomic E-state index is 11.5. The van der Waals surface area contributed by atoms with Gasteiger partial charge in [0.2, 0.25) is 0 Å². The molecule has 1 aliphatic heterocycles. The quantitative estimate of drug-likeness (QED) is 0.798. The van der Waals surface area contributed by atoms with Crippen LogP contribution in [-0.2, 0) is 9.84 Å². The van der Waals surface area contributed by atoms with Gasteiger partial charge in [0.1, 0.15) is 0 Å². The lowest BCUT2D eigenvalue weighted by Crippen LogP contribution is -2.51. The molecule has 0 aromatic heterocycles. The summed E-state index contributed by atoms with van der Waals surface area (Å²) in [5.41, 5.74) is 5.98. The minimum Gasteiger partial charge on any atom is -0.330 e. The van der Waals surface area contributed by atoms with Gasteiger partial charge in [-0.3, -0.25) is 4.90 Å². The van der Waals surface area contributed by atoms with E-state index in [0.717, 1.165) is 19.4 Å². The first-order chi connectivity index (χ1) is 7.82. The molecular formula is C12H26N2O2S. The number of hydrogen-bond donors (Lipinski definition) is 1. The van der Waals surface area contributed by atoms with Crippen molar-refractivity contribution >= 4 is 9.84 Å². The largest absolute Gasteiger partial charge is 0.330 e. The highest BCUT2D eigenvalue weighted by atomic mass is 32.2. The molecule has 0 bridgehead atoms. The first-order valence-electron chi connectivity index (χ1n) is 6.46.